The molecule has 202 valence electrons. The van der Waals surface area contributed by atoms with Crippen LogP contribution in [0.4, 0.5) is 5.69 Å². The number of nitro groups is 1. The second-order valence-corrected chi connectivity index (χ2v) is 10.1. The molecule has 1 amide bonds. The molecule has 0 aliphatic rings. The van der Waals surface area contributed by atoms with Crippen molar-refractivity contribution in [1.29, 1.82) is 0 Å². The molecule has 1 atom stereocenters. The summed E-state index contributed by atoms with van der Waals surface area (Å²) >= 11 is 1.51. The summed E-state index contributed by atoms with van der Waals surface area (Å²) in [6.07, 6.45) is 2.02. The van der Waals surface area contributed by atoms with Crippen molar-refractivity contribution in [2.75, 3.05) is 6.61 Å². The van der Waals surface area contributed by atoms with Crippen molar-refractivity contribution in [1.82, 2.24) is 20.1 Å². The molecule has 0 saturated heterocycles. The molecular weight excluding hydrogens is 514 g/mol. The summed E-state index contributed by atoms with van der Waals surface area (Å²) in [6, 6.07) is 21.0. The Bertz CT molecular complexity index is 1420. The summed E-state index contributed by atoms with van der Waals surface area (Å²) in [7, 11) is 0. The minimum Gasteiger partial charge on any atom is -0.494 e. The van der Waals surface area contributed by atoms with E-state index in [-0.39, 0.29) is 11.6 Å². The van der Waals surface area contributed by atoms with Crippen LogP contribution in [0, 0.1) is 17.0 Å². The highest BCUT2D eigenvalue weighted by atomic mass is 32.2. The van der Waals surface area contributed by atoms with E-state index >= 15 is 0 Å². The van der Waals surface area contributed by atoms with E-state index in [1.54, 1.807) is 36.4 Å². The Morgan fingerprint density at radius 3 is 2.51 bits per heavy atom. The molecule has 0 spiro atoms. The predicted octanol–water partition coefficient (Wildman–Crippen LogP) is 6.45. The van der Waals surface area contributed by atoms with Crippen LogP contribution in [0.15, 0.2) is 78.0 Å². The average Bonchev–Trinajstić information content (AvgIpc) is 3.36. The van der Waals surface area contributed by atoms with E-state index in [0.29, 0.717) is 34.6 Å². The Hall–Kier alpha value is -4.18. The smallest absolute Gasteiger partial charge is 0.269 e. The van der Waals surface area contributed by atoms with Crippen LogP contribution in [0.3, 0.4) is 0 Å². The molecule has 0 radical (unpaired) electrons. The number of benzene rings is 3. The summed E-state index contributed by atoms with van der Waals surface area (Å²) < 4.78 is 7.52. The van der Waals surface area contributed by atoms with Gasteiger partial charge in [-0.1, -0.05) is 54.9 Å². The zero-order valence-electron chi connectivity index (χ0n) is 22.2. The van der Waals surface area contributed by atoms with Gasteiger partial charge >= 0.3 is 0 Å². The quantitative estimate of drug-likeness (QED) is 0.0942. The Morgan fingerprint density at radius 1 is 1.10 bits per heavy atom. The molecule has 4 rings (SSSR count). The average molecular weight is 546 g/mol. The molecule has 10 heteroatoms. The van der Waals surface area contributed by atoms with Gasteiger partial charge in [0.2, 0.25) is 0 Å². The fourth-order valence-corrected chi connectivity index (χ4v) is 4.85. The van der Waals surface area contributed by atoms with Crippen LogP contribution in [0.2, 0.25) is 0 Å². The second-order valence-electron chi connectivity index (χ2n) is 9.15. The number of nitrogens with one attached hydrogen (secondary N) is 1. The molecular formula is C29H31N5O4S. The topological polar surface area (TPSA) is 112 Å². The second kappa shape index (κ2) is 13.1. The standard InChI is InChI=1S/C29H31N5O4S/c1-4-5-17-38-26-15-9-23(10-16-26)28(35)30-21(3)27-31-32-29(39-19-22-8-6-7-20(2)18-22)33(27)24-11-13-25(14-12-24)34(36)37/h6-16,18,21H,4-5,17,19H2,1-3H3,(H,30,35). The number of ether oxygens (including phenoxy) is 1. The third-order valence-electron chi connectivity index (χ3n) is 6.05. The first-order chi connectivity index (χ1) is 18.9. The van der Waals surface area contributed by atoms with E-state index in [0.717, 1.165) is 24.2 Å². The van der Waals surface area contributed by atoms with Crippen molar-refractivity contribution in [3.8, 4) is 11.4 Å². The van der Waals surface area contributed by atoms with Crippen molar-refractivity contribution in [2.45, 2.75) is 50.6 Å². The van der Waals surface area contributed by atoms with Crippen molar-refractivity contribution in [3.63, 3.8) is 0 Å². The Labute approximate surface area is 231 Å². The molecule has 9 nitrogen and oxygen atoms in total. The molecule has 0 aliphatic heterocycles. The maximum absolute atomic E-state index is 13.0. The zero-order valence-corrected chi connectivity index (χ0v) is 23.0. The van der Waals surface area contributed by atoms with Gasteiger partial charge < -0.3 is 10.1 Å². The van der Waals surface area contributed by atoms with E-state index in [9.17, 15) is 14.9 Å². The van der Waals surface area contributed by atoms with Gasteiger partial charge in [0, 0.05) is 29.1 Å². The Kier molecular flexibility index (Phi) is 9.32. The van der Waals surface area contributed by atoms with E-state index in [4.69, 9.17) is 4.74 Å². The van der Waals surface area contributed by atoms with Gasteiger partial charge in [-0.15, -0.1) is 10.2 Å². The van der Waals surface area contributed by atoms with E-state index in [1.165, 1.54) is 29.5 Å². The number of nitrogens with zero attached hydrogens (tertiary/aromatic N) is 4. The van der Waals surface area contributed by atoms with Gasteiger partial charge in [-0.2, -0.15) is 0 Å². The number of non-ortho nitro benzene ring substituents is 1. The van der Waals surface area contributed by atoms with Gasteiger partial charge in [-0.3, -0.25) is 19.5 Å². The number of aryl methyl sites for hydroxylation is 1. The lowest BCUT2D eigenvalue weighted by Crippen LogP contribution is -2.28. The number of nitro benzene ring substituents is 1. The molecule has 4 aromatic rings. The number of amides is 1. The Morgan fingerprint density at radius 2 is 1.85 bits per heavy atom. The summed E-state index contributed by atoms with van der Waals surface area (Å²) in [6.45, 7) is 6.62. The third-order valence-corrected chi connectivity index (χ3v) is 7.05. The fourth-order valence-electron chi connectivity index (χ4n) is 3.95. The fraction of sp³-hybridized carbons (Fsp3) is 0.276. The highest BCUT2D eigenvalue weighted by Crippen LogP contribution is 2.29. The first-order valence-electron chi connectivity index (χ1n) is 12.8. The number of aromatic nitrogens is 3. The van der Waals surface area contributed by atoms with Crippen molar-refractivity contribution < 1.29 is 14.5 Å². The van der Waals surface area contributed by atoms with Crippen LogP contribution >= 0.6 is 11.8 Å². The first kappa shape index (κ1) is 27.8. The van der Waals surface area contributed by atoms with Crippen LogP contribution in [-0.2, 0) is 5.75 Å². The molecule has 1 aromatic heterocycles. The number of thioether (sulfide) groups is 1. The molecule has 1 N–H and O–H groups in total. The number of hydrogen-bond donors (Lipinski definition) is 1. The Balaban J connectivity index is 1.56. The number of hydrogen-bond acceptors (Lipinski definition) is 7. The van der Waals surface area contributed by atoms with Crippen LogP contribution < -0.4 is 10.1 Å². The number of carbonyl (C=O) groups excluding carboxylic acids is 1. The lowest BCUT2D eigenvalue weighted by molar-refractivity contribution is -0.384. The molecule has 0 fully saturated rings. The summed E-state index contributed by atoms with van der Waals surface area (Å²) in [5, 5.41) is 23.6. The lowest BCUT2D eigenvalue weighted by atomic mass is 10.2. The number of unbranched alkanes of at least 4 members (excludes halogenated alkanes) is 1. The molecule has 1 unspecified atom stereocenters. The van der Waals surface area contributed by atoms with Gasteiger partial charge in [-0.25, -0.2) is 0 Å². The van der Waals surface area contributed by atoms with Crippen LogP contribution in [0.1, 0.15) is 60.0 Å². The molecule has 39 heavy (non-hydrogen) atoms. The van der Waals surface area contributed by atoms with E-state index in [2.05, 4.69) is 34.6 Å². The van der Waals surface area contributed by atoms with Gasteiger partial charge in [0.05, 0.1) is 17.6 Å². The minimum atomic E-state index is -0.492. The lowest BCUT2D eigenvalue weighted by Gasteiger charge is -2.16. The highest BCUT2D eigenvalue weighted by Gasteiger charge is 2.22. The largest absolute Gasteiger partial charge is 0.494 e. The monoisotopic (exact) mass is 545 g/mol. The van der Waals surface area contributed by atoms with Crippen LogP contribution in [0.5, 0.6) is 5.75 Å². The molecule has 0 aliphatic carbocycles. The molecule has 3 aromatic carbocycles. The molecule has 1 heterocycles. The highest BCUT2D eigenvalue weighted by molar-refractivity contribution is 7.98. The van der Waals surface area contributed by atoms with Gasteiger partial charge in [-0.05, 0) is 62.2 Å². The number of carbonyl (C=O) groups is 1. The van der Waals surface area contributed by atoms with Crippen molar-refractivity contribution in [2.24, 2.45) is 0 Å². The van der Waals surface area contributed by atoms with E-state index in [1.807, 2.05) is 30.5 Å². The van der Waals surface area contributed by atoms with Gasteiger partial charge in [0.1, 0.15) is 5.75 Å². The SMILES string of the molecule is CCCCOc1ccc(C(=O)NC(C)c2nnc(SCc3cccc(C)c3)n2-c2ccc([N+](=O)[O-])cc2)cc1. The maximum atomic E-state index is 13.0. The number of rotatable bonds is 12. The van der Waals surface area contributed by atoms with Crippen LogP contribution in [-0.4, -0.2) is 32.2 Å². The predicted molar refractivity (Wildman–Crippen MR) is 151 cm³/mol. The third kappa shape index (κ3) is 7.23. The van der Waals surface area contributed by atoms with Crippen molar-refractivity contribution >= 4 is 23.4 Å². The van der Waals surface area contributed by atoms with E-state index < -0.39 is 11.0 Å². The normalized spacial score (nSPS) is 11.7. The van der Waals surface area contributed by atoms with Crippen LogP contribution in [0.25, 0.3) is 5.69 Å². The van der Waals surface area contributed by atoms with Crippen molar-refractivity contribution in [3.05, 3.63) is 105 Å². The van der Waals surface area contributed by atoms with Gasteiger partial charge in [0.15, 0.2) is 11.0 Å². The minimum absolute atomic E-state index is 0.00851. The first-order valence-corrected chi connectivity index (χ1v) is 13.8. The molecule has 0 bridgehead atoms. The van der Waals surface area contributed by atoms with Gasteiger partial charge in [0.25, 0.3) is 11.6 Å². The zero-order chi connectivity index (χ0) is 27.8. The maximum Gasteiger partial charge on any atom is 0.269 e. The summed E-state index contributed by atoms with van der Waals surface area (Å²) in [5.41, 5.74) is 3.47. The summed E-state index contributed by atoms with van der Waals surface area (Å²) in [4.78, 5) is 23.8. The molecule has 0 saturated carbocycles. The summed E-state index contributed by atoms with van der Waals surface area (Å²) in [5.74, 6) is 1.65.